The van der Waals surface area contributed by atoms with Gasteiger partial charge in [0.1, 0.15) is 18.0 Å². The summed E-state index contributed by atoms with van der Waals surface area (Å²) in [5, 5.41) is 8.04. The van der Waals surface area contributed by atoms with Crippen LogP contribution in [0.2, 0.25) is 0 Å². The Morgan fingerprint density at radius 3 is 2.75 bits per heavy atom. The number of hydrogen-bond acceptors (Lipinski definition) is 5. The molecule has 0 saturated heterocycles. The number of anilines is 1. The Balaban J connectivity index is 1.75. The molecule has 0 spiro atoms. The Morgan fingerprint density at radius 1 is 1.21 bits per heavy atom. The molecule has 0 atom stereocenters. The van der Waals surface area contributed by atoms with Gasteiger partial charge in [0.2, 0.25) is 0 Å². The third-order valence-corrected chi connectivity index (χ3v) is 3.97. The van der Waals surface area contributed by atoms with Gasteiger partial charge in [-0.2, -0.15) is 5.10 Å². The average molecular weight is 325 g/mol. The van der Waals surface area contributed by atoms with Gasteiger partial charge in [0, 0.05) is 63.9 Å². The Kier molecular flexibility index (Phi) is 4.61. The topological polar surface area (TPSA) is 63.8 Å². The van der Waals surface area contributed by atoms with Crippen LogP contribution in [-0.4, -0.2) is 38.4 Å². The van der Waals surface area contributed by atoms with E-state index in [0.29, 0.717) is 0 Å². The van der Waals surface area contributed by atoms with Crippen LogP contribution in [0.1, 0.15) is 16.8 Å². The van der Waals surface area contributed by atoms with E-state index in [9.17, 15) is 0 Å². The summed E-state index contributed by atoms with van der Waals surface area (Å²) in [6.45, 7) is 3.53. The van der Waals surface area contributed by atoms with Gasteiger partial charge < -0.3 is 10.2 Å². The first-order valence-electron chi connectivity index (χ1n) is 7.90. The van der Waals surface area contributed by atoms with E-state index in [-0.39, 0.29) is 0 Å². The first kappa shape index (κ1) is 16.2. The van der Waals surface area contributed by atoms with Crippen LogP contribution in [0.4, 0.5) is 5.82 Å². The molecule has 0 saturated carbocycles. The van der Waals surface area contributed by atoms with Crippen molar-refractivity contribution < 1.29 is 0 Å². The van der Waals surface area contributed by atoms with Crippen molar-refractivity contribution in [2.24, 2.45) is 7.05 Å². The summed E-state index contributed by atoms with van der Waals surface area (Å²) in [5.41, 5.74) is 3.40. The molecular formula is C17H23N7. The number of pyridine rings is 1. The van der Waals surface area contributed by atoms with Gasteiger partial charge in [0.25, 0.3) is 0 Å². The van der Waals surface area contributed by atoms with Crippen molar-refractivity contribution in [3.8, 4) is 5.82 Å². The lowest BCUT2D eigenvalue weighted by Crippen LogP contribution is -2.19. The Labute approximate surface area is 142 Å². The first-order valence-corrected chi connectivity index (χ1v) is 7.90. The molecule has 126 valence electrons. The van der Waals surface area contributed by atoms with Gasteiger partial charge >= 0.3 is 0 Å². The van der Waals surface area contributed by atoms with Crippen molar-refractivity contribution in [3.05, 3.63) is 53.9 Å². The summed E-state index contributed by atoms with van der Waals surface area (Å²) in [6.07, 6.45) is 7.23. The monoisotopic (exact) mass is 325 g/mol. The van der Waals surface area contributed by atoms with Crippen molar-refractivity contribution in [1.29, 1.82) is 0 Å². The van der Waals surface area contributed by atoms with Crippen molar-refractivity contribution in [1.82, 2.24) is 29.6 Å². The highest BCUT2D eigenvalue weighted by atomic mass is 15.4. The van der Waals surface area contributed by atoms with Crippen molar-refractivity contribution >= 4 is 5.82 Å². The molecular weight excluding hydrogens is 302 g/mol. The predicted molar refractivity (Wildman–Crippen MR) is 94.2 cm³/mol. The molecule has 0 fully saturated rings. The third kappa shape index (κ3) is 3.16. The molecule has 0 aromatic carbocycles. The summed E-state index contributed by atoms with van der Waals surface area (Å²) < 4.78 is 3.85. The molecule has 24 heavy (non-hydrogen) atoms. The maximum atomic E-state index is 4.53. The van der Waals surface area contributed by atoms with Crippen LogP contribution in [0.5, 0.6) is 0 Å². The summed E-state index contributed by atoms with van der Waals surface area (Å²) in [7, 11) is 6.06. The molecule has 0 aliphatic carbocycles. The molecule has 0 aliphatic rings. The van der Waals surface area contributed by atoms with Gasteiger partial charge in [-0.1, -0.05) is 6.07 Å². The minimum atomic E-state index is 0.725. The second kappa shape index (κ2) is 6.84. The number of hydrogen-bond donors (Lipinski definition) is 1. The van der Waals surface area contributed by atoms with E-state index >= 15 is 0 Å². The quantitative estimate of drug-likeness (QED) is 0.747. The van der Waals surface area contributed by atoms with E-state index in [1.165, 1.54) is 5.56 Å². The highest BCUT2D eigenvalue weighted by Gasteiger charge is 2.14. The lowest BCUT2D eigenvalue weighted by molar-refractivity contribution is 0.682. The fraction of sp³-hybridized carbons (Fsp3) is 0.353. The van der Waals surface area contributed by atoms with Gasteiger partial charge in [-0.05, 0) is 13.0 Å². The van der Waals surface area contributed by atoms with E-state index in [4.69, 9.17) is 0 Å². The zero-order chi connectivity index (χ0) is 17.1. The molecule has 3 heterocycles. The maximum absolute atomic E-state index is 4.53. The lowest BCUT2D eigenvalue weighted by atomic mass is 10.2. The van der Waals surface area contributed by atoms with Gasteiger partial charge in [-0.15, -0.1) is 0 Å². The second-order valence-electron chi connectivity index (χ2n) is 5.97. The predicted octanol–water partition coefficient (Wildman–Crippen LogP) is 1.67. The zero-order valence-corrected chi connectivity index (χ0v) is 14.6. The van der Waals surface area contributed by atoms with Gasteiger partial charge in [0.15, 0.2) is 0 Å². The van der Waals surface area contributed by atoms with Crippen LogP contribution in [0.25, 0.3) is 5.82 Å². The smallest absolute Gasteiger partial charge is 0.142 e. The van der Waals surface area contributed by atoms with Crippen LogP contribution in [0, 0.1) is 6.92 Å². The summed E-state index contributed by atoms with van der Waals surface area (Å²) in [4.78, 5) is 10.7. The van der Waals surface area contributed by atoms with Crippen molar-refractivity contribution in [2.45, 2.75) is 20.0 Å². The molecule has 0 unspecified atom stereocenters. The Hall–Kier alpha value is -2.67. The number of nitrogens with one attached hydrogen (secondary N) is 1. The first-order chi connectivity index (χ1) is 11.6. The zero-order valence-electron chi connectivity index (χ0n) is 14.6. The number of imidazole rings is 1. The molecule has 3 aromatic heterocycles. The number of aromatic nitrogens is 5. The summed E-state index contributed by atoms with van der Waals surface area (Å²) in [6, 6.07) is 4.04. The normalized spacial score (nSPS) is 11.0. The molecule has 3 rings (SSSR count). The molecule has 7 nitrogen and oxygen atoms in total. The van der Waals surface area contributed by atoms with Crippen molar-refractivity contribution in [2.75, 3.05) is 19.0 Å². The third-order valence-electron chi connectivity index (χ3n) is 3.97. The molecule has 7 heteroatoms. The second-order valence-corrected chi connectivity index (χ2v) is 5.97. The molecule has 0 amide bonds. The number of rotatable bonds is 6. The van der Waals surface area contributed by atoms with Gasteiger partial charge in [0.05, 0.1) is 5.69 Å². The standard InChI is InChI=1S/C17H23N7/c1-13-15(17(22(2)3)23(4)21-13)11-19-10-14-6-5-7-20-16(14)24-9-8-18-12-24/h5-9,12,19H,10-11H2,1-4H3. The van der Waals surface area contributed by atoms with Gasteiger partial charge in [-0.3, -0.25) is 9.25 Å². The molecule has 0 radical (unpaired) electrons. The van der Waals surface area contributed by atoms with Crippen LogP contribution in [0.3, 0.4) is 0 Å². The SMILES string of the molecule is Cc1nn(C)c(N(C)C)c1CNCc1cccnc1-n1ccnc1. The van der Waals surface area contributed by atoms with Crippen molar-refractivity contribution in [3.63, 3.8) is 0 Å². The fourth-order valence-electron chi connectivity index (χ4n) is 2.96. The van der Waals surface area contributed by atoms with E-state index < -0.39 is 0 Å². The van der Waals surface area contributed by atoms with Crippen LogP contribution in [0.15, 0.2) is 37.1 Å². The molecule has 1 N–H and O–H groups in total. The lowest BCUT2D eigenvalue weighted by Gasteiger charge is -2.16. The molecule has 3 aromatic rings. The van der Waals surface area contributed by atoms with Crippen LogP contribution >= 0.6 is 0 Å². The fourth-order valence-corrected chi connectivity index (χ4v) is 2.96. The minimum absolute atomic E-state index is 0.725. The Bertz CT molecular complexity index is 802. The molecule has 0 bridgehead atoms. The Morgan fingerprint density at radius 2 is 2.04 bits per heavy atom. The highest BCUT2D eigenvalue weighted by molar-refractivity contribution is 5.48. The number of aryl methyl sites for hydroxylation is 2. The summed E-state index contributed by atoms with van der Waals surface area (Å²) in [5.74, 6) is 2.03. The largest absolute Gasteiger partial charge is 0.363 e. The van der Waals surface area contributed by atoms with Gasteiger partial charge in [-0.25, -0.2) is 9.97 Å². The van der Waals surface area contributed by atoms with E-state index in [1.807, 2.05) is 49.6 Å². The number of nitrogens with zero attached hydrogens (tertiary/aromatic N) is 6. The molecule has 0 aliphatic heterocycles. The van der Waals surface area contributed by atoms with Crippen LogP contribution in [-0.2, 0) is 20.1 Å². The average Bonchev–Trinajstić information content (AvgIpc) is 3.16. The highest BCUT2D eigenvalue weighted by Crippen LogP contribution is 2.21. The maximum Gasteiger partial charge on any atom is 0.142 e. The van der Waals surface area contributed by atoms with Crippen LogP contribution < -0.4 is 10.2 Å². The minimum Gasteiger partial charge on any atom is -0.363 e. The van der Waals surface area contributed by atoms with E-state index in [1.54, 1.807) is 18.7 Å². The van der Waals surface area contributed by atoms with E-state index in [2.05, 4.69) is 31.3 Å². The van der Waals surface area contributed by atoms with E-state index in [0.717, 1.165) is 36.0 Å². The summed E-state index contributed by atoms with van der Waals surface area (Å²) >= 11 is 0.